The molecule has 0 atom stereocenters. The Labute approximate surface area is 113 Å². The molecule has 0 bridgehead atoms. The number of fused-ring (bicyclic) bond motifs is 1. The minimum absolute atomic E-state index is 0.0278. The zero-order valence-electron chi connectivity index (χ0n) is 12.0. The molecule has 0 aromatic carbocycles. The van der Waals surface area contributed by atoms with Crippen LogP contribution in [0.25, 0.3) is 5.52 Å². The number of carbonyl (C=O) groups excluding carboxylic acids is 1. The molecule has 5 nitrogen and oxygen atoms in total. The zero-order valence-corrected chi connectivity index (χ0v) is 12.0. The van der Waals surface area contributed by atoms with Crippen LogP contribution in [0, 0.1) is 0 Å². The quantitative estimate of drug-likeness (QED) is 0.847. The fraction of sp³-hybridized carbons (Fsp3) is 0.429. The first-order valence-corrected chi connectivity index (χ1v) is 6.10. The molecule has 19 heavy (non-hydrogen) atoms. The fourth-order valence-electron chi connectivity index (χ4n) is 1.23. The lowest BCUT2D eigenvalue weighted by Crippen LogP contribution is -1.90. The minimum Gasteiger partial charge on any atom is -0.392 e. The molecule has 2 heterocycles. The maximum Gasteiger partial charge on any atom is 0.153 e. The van der Waals surface area contributed by atoms with E-state index in [1.54, 1.807) is 37.1 Å². The summed E-state index contributed by atoms with van der Waals surface area (Å²) in [5.74, 6) is 0. The molecule has 0 spiro atoms. The minimum atomic E-state index is -0.0278. The molecule has 2 aromatic heterocycles. The van der Waals surface area contributed by atoms with Gasteiger partial charge in [-0.05, 0) is 17.7 Å². The van der Waals surface area contributed by atoms with E-state index in [9.17, 15) is 4.79 Å². The van der Waals surface area contributed by atoms with Crippen molar-refractivity contribution in [2.75, 3.05) is 14.2 Å². The third kappa shape index (κ3) is 5.63. The van der Waals surface area contributed by atoms with E-state index in [0.717, 1.165) is 17.4 Å². The van der Waals surface area contributed by atoms with Gasteiger partial charge in [0.05, 0.1) is 23.9 Å². The van der Waals surface area contributed by atoms with Gasteiger partial charge in [0.2, 0.25) is 0 Å². The van der Waals surface area contributed by atoms with Gasteiger partial charge in [-0.25, -0.2) is 4.52 Å². The number of rotatable bonds is 2. The molecule has 2 rings (SSSR count). The van der Waals surface area contributed by atoms with Gasteiger partial charge < -0.3 is 9.84 Å². The number of aldehydes is 1. The van der Waals surface area contributed by atoms with Gasteiger partial charge in [-0.3, -0.25) is 4.79 Å². The van der Waals surface area contributed by atoms with Gasteiger partial charge in [0, 0.05) is 20.4 Å². The molecule has 0 radical (unpaired) electrons. The van der Waals surface area contributed by atoms with E-state index < -0.39 is 0 Å². The summed E-state index contributed by atoms with van der Waals surface area (Å²) >= 11 is 0. The number of hydrogen-bond donors (Lipinski definition) is 1. The molecule has 0 unspecified atom stereocenters. The lowest BCUT2D eigenvalue weighted by molar-refractivity contribution is 0.112. The molecular weight excluding hydrogens is 244 g/mol. The number of aliphatic hydroxyl groups excluding tert-OH is 1. The van der Waals surface area contributed by atoms with Crippen molar-refractivity contribution in [1.29, 1.82) is 0 Å². The van der Waals surface area contributed by atoms with Gasteiger partial charge in [-0.1, -0.05) is 20.3 Å². The van der Waals surface area contributed by atoms with Crippen LogP contribution >= 0.6 is 0 Å². The molecule has 0 aliphatic carbocycles. The largest absolute Gasteiger partial charge is 0.392 e. The molecule has 0 aliphatic rings. The first-order valence-electron chi connectivity index (χ1n) is 6.10. The number of hydrogen-bond acceptors (Lipinski definition) is 4. The predicted molar refractivity (Wildman–Crippen MR) is 75.4 cm³/mol. The molecule has 2 aromatic rings. The van der Waals surface area contributed by atoms with Crippen molar-refractivity contribution in [3.05, 3.63) is 35.7 Å². The monoisotopic (exact) mass is 266 g/mol. The number of methoxy groups -OCH3 is 1. The molecular formula is C14H22N2O3. The number of ether oxygens (including phenoxy) is 1. The van der Waals surface area contributed by atoms with Crippen LogP contribution < -0.4 is 0 Å². The average Bonchev–Trinajstić information content (AvgIpc) is 2.82. The van der Waals surface area contributed by atoms with Crippen LogP contribution in [0.3, 0.4) is 0 Å². The van der Waals surface area contributed by atoms with Crippen molar-refractivity contribution in [3.63, 3.8) is 0 Å². The van der Waals surface area contributed by atoms with Crippen LogP contribution in [-0.4, -0.2) is 35.2 Å². The Morgan fingerprint density at radius 3 is 2.47 bits per heavy atom. The van der Waals surface area contributed by atoms with Crippen LogP contribution in [0.5, 0.6) is 0 Å². The first kappa shape index (κ1) is 17.3. The number of nitrogens with zero attached hydrogens (tertiary/aromatic N) is 2. The molecule has 5 heteroatoms. The van der Waals surface area contributed by atoms with Crippen molar-refractivity contribution in [3.8, 4) is 0 Å². The lowest BCUT2D eigenvalue weighted by atomic mass is 10.2. The standard InChI is InChI=1S/C9H8N2O2.C3H8.C2H6O/c12-5-7-1-2-11-9(3-7)8(6-13)4-10-11;2*1-3-2/h1-4,6,12H,5H2;3H2,1-2H3;1-2H3. The smallest absolute Gasteiger partial charge is 0.153 e. The maximum atomic E-state index is 10.6. The summed E-state index contributed by atoms with van der Waals surface area (Å²) < 4.78 is 5.85. The highest BCUT2D eigenvalue weighted by atomic mass is 16.4. The van der Waals surface area contributed by atoms with Crippen LogP contribution in [0.2, 0.25) is 0 Å². The highest BCUT2D eigenvalue weighted by molar-refractivity contribution is 5.85. The van der Waals surface area contributed by atoms with Crippen molar-refractivity contribution in [1.82, 2.24) is 9.61 Å². The van der Waals surface area contributed by atoms with Gasteiger partial charge in [-0.2, -0.15) is 5.10 Å². The first-order chi connectivity index (χ1) is 9.18. The Hall–Kier alpha value is -1.72. The van der Waals surface area contributed by atoms with Crippen LogP contribution in [0.15, 0.2) is 24.5 Å². The number of aromatic nitrogens is 2. The summed E-state index contributed by atoms with van der Waals surface area (Å²) in [6, 6.07) is 3.51. The van der Waals surface area contributed by atoms with Crippen molar-refractivity contribution in [2.24, 2.45) is 0 Å². The second-order valence-corrected chi connectivity index (χ2v) is 3.86. The Kier molecular flexibility index (Phi) is 9.30. The van der Waals surface area contributed by atoms with Crippen molar-refractivity contribution >= 4 is 11.8 Å². The zero-order chi connectivity index (χ0) is 14.7. The highest BCUT2D eigenvalue weighted by Crippen LogP contribution is 2.10. The second-order valence-electron chi connectivity index (χ2n) is 3.86. The van der Waals surface area contributed by atoms with E-state index in [0.29, 0.717) is 5.56 Å². The van der Waals surface area contributed by atoms with Gasteiger partial charge in [-0.15, -0.1) is 0 Å². The number of aliphatic hydroxyl groups is 1. The molecule has 0 fully saturated rings. The molecule has 0 saturated heterocycles. The van der Waals surface area contributed by atoms with Gasteiger partial charge in [0.25, 0.3) is 0 Å². The average molecular weight is 266 g/mol. The van der Waals surface area contributed by atoms with Crippen LogP contribution in [0.4, 0.5) is 0 Å². The topological polar surface area (TPSA) is 63.8 Å². The summed E-state index contributed by atoms with van der Waals surface area (Å²) in [6.45, 7) is 4.22. The fourth-order valence-corrected chi connectivity index (χ4v) is 1.23. The molecule has 0 aliphatic heterocycles. The second kappa shape index (κ2) is 10.2. The van der Waals surface area contributed by atoms with E-state index >= 15 is 0 Å². The SMILES string of the molecule is CCC.COC.O=Cc1cnn2ccc(CO)cc12. The van der Waals surface area contributed by atoms with Crippen molar-refractivity contribution < 1.29 is 14.6 Å². The van der Waals surface area contributed by atoms with E-state index in [1.165, 1.54) is 12.6 Å². The summed E-state index contributed by atoms with van der Waals surface area (Å²) in [5.41, 5.74) is 2.04. The third-order valence-electron chi connectivity index (χ3n) is 1.93. The molecule has 1 N–H and O–H groups in total. The predicted octanol–water partition coefficient (Wildman–Crippen LogP) is 2.32. The van der Waals surface area contributed by atoms with E-state index in [2.05, 4.69) is 23.7 Å². The van der Waals surface area contributed by atoms with Crippen LogP contribution in [0.1, 0.15) is 36.2 Å². The van der Waals surface area contributed by atoms with Gasteiger partial charge >= 0.3 is 0 Å². The summed E-state index contributed by atoms with van der Waals surface area (Å²) in [5, 5.41) is 12.8. The van der Waals surface area contributed by atoms with Crippen molar-refractivity contribution in [2.45, 2.75) is 26.9 Å². The van der Waals surface area contributed by atoms with E-state index in [1.807, 2.05) is 0 Å². The summed E-state index contributed by atoms with van der Waals surface area (Å²) in [7, 11) is 3.25. The normalized spacial score (nSPS) is 9.11. The maximum absolute atomic E-state index is 10.6. The van der Waals surface area contributed by atoms with Gasteiger partial charge in [0.1, 0.15) is 0 Å². The Morgan fingerprint density at radius 2 is 2.00 bits per heavy atom. The lowest BCUT2D eigenvalue weighted by Gasteiger charge is -1.97. The molecule has 106 valence electrons. The van der Waals surface area contributed by atoms with Crippen LogP contribution in [-0.2, 0) is 11.3 Å². The molecule has 0 saturated carbocycles. The number of pyridine rings is 1. The highest BCUT2D eigenvalue weighted by Gasteiger charge is 2.02. The third-order valence-corrected chi connectivity index (χ3v) is 1.93. The Balaban J connectivity index is 0.000000465. The van der Waals surface area contributed by atoms with E-state index in [4.69, 9.17) is 5.11 Å². The summed E-state index contributed by atoms with van der Waals surface area (Å²) in [6.07, 6.45) is 5.22. The Bertz CT molecular complexity index is 478. The molecule has 0 amide bonds. The van der Waals surface area contributed by atoms with Gasteiger partial charge in [0.15, 0.2) is 6.29 Å². The van der Waals surface area contributed by atoms with E-state index in [-0.39, 0.29) is 6.61 Å². The number of carbonyl (C=O) groups is 1. The Morgan fingerprint density at radius 1 is 1.42 bits per heavy atom. The summed E-state index contributed by atoms with van der Waals surface area (Å²) in [4.78, 5) is 10.6.